The Morgan fingerprint density at radius 3 is 3.05 bits per heavy atom. The normalized spacial score (nSPS) is 38.4. The molecule has 1 aromatic carbocycles. The van der Waals surface area contributed by atoms with Crippen LogP contribution in [0.4, 0.5) is 0 Å². The molecule has 21 heavy (non-hydrogen) atoms. The summed E-state index contributed by atoms with van der Waals surface area (Å²) in [5, 5.41) is 4.76. The lowest BCUT2D eigenvalue weighted by atomic mass is 9.68. The van der Waals surface area contributed by atoms with Gasteiger partial charge in [-0.1, -0.05) is 23.2 Å². The van der Waals surface area contributed by atoms with Crippen molar-refractivity contribution >= 4 is 23.2 Å². The van der Waals surface area contributed by atoms with Gasteiger partial charge in [0.15, 0.2) is 5.72 Å². The first kappa shape index (κ1) is 14.1. The monoisotopic (exact) mass is 327 g/mol. The predicted molar refractivity (Wildman–Crippen MR) is 83.9 cm³/mol. The Morgan fingerprint density at radius 2 is 2.24 bits per heavy atom. The van der Waals surface area contributed by atoms with E-state index in [4.69, 9.17) is 33.7 Å². The van der Waals surface area contributed by atoms with E-state index in [1.165, 1.54) is 0 Å². The van der Waals surface area contributed by atoms with E-state index in [1.54, 1.807) is 6.07 Å². The van der Waals surface area contributed by atoms with E-state index >= 15 is 0 Å². The zero-order valence-corrected chi connectivity index (χ0v) is 13.4. The maximum Gasteiger partial charge on any atom is 0.168 e. The molecule has 0 spiro atoms. The van der Waals surface area contributed by atoms with Crippen molar-refractivity contribution in [1.82, 2.24) is 10.2 Å². The predicted octanol–water partition coefficient (Wildman–Crippen LogP) is 2.40. The number of nitrogens with zero attached hydrogens (tertiary/aromatic N) is 1. The zero-order valence-electron chi connectivity index (χ0n) is 11.9. The molecule has 0 saturated carbocycles. The van der Waals surface area contributed by atoms with Crippen molar-refractivity contribution in [3.63, 3.8) is 0 Å². The molecule has 2 saturated heterocycles. The van der Waals surface area contributed by atoms with Crippen LogP contribution in [0.3, 0.4) is 0 Å². The second-order valence-corrected chi connectivity index (χ2v) is 7.35. The van der Waals surface area contributed by atoms with Crippen LogP contribution in [0.1, 0.15) is 24.3 Å². The summed E-state index contributed by atoms with van der Waals surface area (Å²) in [4.78, 5) is 2.36. The third-order valence-electron chi connectivity index (χ3n) is 5.12. The maximum atomic E-state index is 6.39. The molecule has 2 fully saturated rings. The van der Waals surface area contributed by atoms with Crippen molar-refractivity contribution in [2.24, 2.45) is 11.7 Å². The van der Waals surface area contributed by atoms with Gasteiger partial charge in [0.05, 0.1) is 11.2 Å². The molecule has 0 aliphatic carbocycles. The molecule has 1 aromatic rings. The van der Waals surface area contributed by atoms with Crippen molar-refractivity contribution in [2.45, 2.75) is 30.7 Å². The number of hydrogen-bond acceptors (Lipinski definition) is 4. The van der Waals surface area contributed by atoms with Gasteiger partial charge in [-0.05, 0) is 31.5 Å². The number of likely N-dealkylation sites (tertiary alicyclic amines) is 1. The Kier molecular flexibility index (Phi) is 3.18. The van der Waals surface area contributed by atoms with Crippen LogP contribution in [0.25, 0.3) is 0 Å². The number of hydrogen-bond donors (Lipinski definition) is 2. The van der Waals surface area contributed by atoms with Crippen molar-refractivity contribution < 1.29 is 4.74 Å². The van der Waals surface area contributed by atoms with Crippen LogP contribution < -0.4 is 15.8 Å². The summed E-state index contributed by atoms with van der Waals surface area (Å²) in [6.07, 6.45) is 1.74. The van der Waals surface area contributed by atoms with Gasteiger partial charge >= 0.3 is 0 Å². The van der Waals surface area contributed by atoms with Crippen molar-refractivity contribution in [3.05, 3.63) is 27.7 Å². The molecule has 0 amide bonds. The van der Waals surface area contributed by atoms with Gasteiger partial charge in [0.2, 0.25) is 0 Å². The molecule has 0 aromatic heterocycles. The van der Waals surface area contributed by atoms with E-state index in [0.717, 1.165) is 37.2 Å². The zero-order chi connectivity index (χ0) is 14.8. The lowest BCUT2D eigenvalue weighted by Crippen LogP contribution is -2.72. The Morgan fingerprint density at radius 1 is 1.43 bits per heavy atom. The van der Waals surface area contributed by atoms with Crippen LogP contribution in [0, 0.1) is 5.92 Å². The summed E-state index contributed by atoms with van der Waals surface area (Å²) in [5.41, 5.74) is 6.95. The van der Waals surface area contributed by atoms with E-state index in [1.807, 2.05) is 6.07 Å². The largest absolute Gasteiger partial charge is 0.470 e. The van der Waals surface area contributed by atoms with Gasteiger partial charge in [0, 0.05) is 36.0 Å². The van der Waals surface area contributed by atoms with Gasteiger partial charge < -0.3 is 15.4 Å². The van der Waals surface area contributed by atoms with E-state index in [2.05, 4.69) is 17.3 Å². The SMILES string of the molecule is CN1CCC23NC(N)CC(c4cc(Cl)cc(Cl)c4O2)C3C1. The number of halogens is 2. The van der Waals surface area contributed by atoms with Crippen LogP contribution >= 0.6 is 23.2 Å². The van der Waals surface area contributed by atoms with Gasteiger partial charge in [-0.15, -0.1) is 0 Å². The fourth-order valence-electron chi connectivity index (χ4n) is 4.20. The fourth-order valence-corrected chi connectivity index (χ4v) is 4.75. The lowest BCUT2D eigenvalue weighted by Gasteiger charge is -2.57. The minimum Gasteiger partial charge on any atom is -0.470 e. The Bertz CT molecular complexity index is 597. The van der Waals surface area contributed by atoms with E-state index in [0.29, 0.717) is 21.9 Å². The molecule has 3 N–H and O–H groups in total. The third kappa shape index (κ3) is 2.08. The average Bonchev–Trinajstić information content (AvgIpc) is 2.40. The fraction of sp³-hybridized carbons (Fsp3) is 0.600. The summed E-state index contributed by atoms with van der Waals surface area (Å²) in [6, 6.07) is 3.74. The van der Waals surface area contributed by atoms with Crippen LogP contribution in [0.5, 0.6) is 5.75 Å². The van der Waals surface area contributed by atoms with E-state index < -0.39 is 0 Å². The second-order valence-electron chi connectivity index (χ2n) is 6.51. The first-order valence-corrected chi connectivity index (χ1v) is 8.14. The molecule has 4 atom stereocenters. The number of rotatable bonds is 0. The van der Waals surface area contributed by atoms with E-state index in [9.17, 15) is 0 Å². The summed E-state index contributed by atoms with van der Waals surface area (Å²) in [5.74, 6) is 1.49. The molecule has 3 aliphatic rings. The van der Waals surface area contributed by atoms with Crippen molar-refractivity contribution in [3.8, 4) is 5.75 Å². The highest BCUT2D eigenvalue weighted by molar-refractivity contribution is 6.35. The Hall–Kier alpha value is -0.520. The Labute approximate surface area is 134 Å². The average molecular weight is 328 g/mol. The number of fused-ring (bicyclic) bond motifs is 2. The van der Waals surface area contributed by atoms with Gasteiger partial charge in [0.1, 0.15) is 5.75 Å². The summed E-state index contributed by atoms with van der Waals surface area (Å²) in [7, 11) is 2.16. The smallest absolute Gasteiger partial charge is 0.168 e. The van der Waals surface area contributed by atoms with Crippen LogP contribution in [-0.4, -0.2) is 36.9 Å². The van der Waals surface area contributed by atoms with E-state index in [-0.39, 0.29) is 11.9 Å². The molecular weight excluding hydrogens is 309 g/mol. The standard InChI is InChI=1S/C15H19Cl2N3O/c1-20-3-2-15-11(7-20)9(6-13(18)19-15)10-4-8(16)5-12(17)14(10)21-15/h4-5,9,11,13,19H,2-3,6-7,18H2,1H3. The quantitative estimate of drug-likeness (QED) is 0.768. The molecule has 3 heterocycles. The Balaban J connectivity index is 1.87. The number of nitrogens with two attached hydrogens (primary N) is 1. The highest BCUT2D eigenvalue weighted by atomic mass is 35.5. The topological polar surface area (TPSA) is 50.5 Å². The first-order chi connectivity index (χ1) is 9.98. The minimum atomic E-state index is -0.390. The lowest BCUT2D eigenvalue weighted by molar-refractivity contribution is -0.123. The summed E-state index contributed by atoms with van der Waals surface area (Å²) < 4.78 is 6.39. The first-order valence-electron chi connectivity index (χ1n) is 7.38. The second kappa shape index (κ2) is 4.74. The van der Waals surface area contributed by atoms with Gasteiger partial charge in [-0.3, -0.25) is 5.32 Å². The van der Waals surface area contributed by atoms with Gasteiger partial charge in [-0.25, -0.2) is 0 Å². The third-order valence-corrected chi connectivity index (χ3v) is 5.62. The van der Waals surface area contributed by atoms with Gasteiger partial charge in [0.25, 0.3) is 0 Å². The molecule has 0 radical (unpaired) electrons. The molecule has 4 nitrogen and oxygen atoms in total. The maximum absolute atomic E-state index is 6.39. The van der Waals surface area contributed by atoms with Crippen LogP contribution in [0.2, 0.25) is 10.0 Å². The number of ether oxygens (including phenoxy) is 1. The molecule has 4 unspecified atom stereocenters. The van der Waals surface area contributed by atoms with Crippen LogP contribution in [-0.2, 0) is 0 Å². The van der Waals surface area contributed by atoms with Gasteiger partial charge in [-0.2, -0.15) is 0 Å². The highest BCUT2D eigenvalue weighted by Crippen LogP contribution is 2.54. The van der Waals surface area contributed by atoms with Crippen LogP contribution in [0.15, 0.2) is 12.1 Å². The molecular formula is C15H19Cl2N3O. The number of piperidine rings is 2. The van der Waals surface area contributed by atoms with Crippen molar-refractivity contribution in [1.29, 1.82) is 0 Å². The number of benzene rings is 1. The molecule has 3 aliphatic heterocycles. The highest BCUT2D eigenvalue weighted by Gasteiger charge is 2.56. The molecule has 4 rings (SSSR count). The molecule has 2 bridgehead atoms. The number of nitrogens with one attached hydrogen (secondary N) is 1. The summed E-state index contributed by atoms with van der Waals surface area (Å²) in [6.45, 7) is 1.98. The summed E-state index contributed by atoms with van der Waals surface area (Å²) >= 11 is 12.6. The minimum absolute atomic E-state index is 0.0550. The van der Waals surface area contributed by atoms with Crippen molar-refractivity contribution in [2.75, 3.05) is 20.1 Å². The molecule has 6 heteroatoms. The molecule has 114 valence electrons.